The standard InChI is InChI=1S/C18H24N4O2S/c1-12(2)17(21-16-8-9-20-18(19-3)22-16)14-7-6-13-5-4-10-25(23,24)15(13)11-14/h6-9,11-12,17H,4-5,10H2,1-3H3,(H2,19,20,21,22)/t17-/m0/s1. The summed E-state index contributed by atoms with van der Waals surface area (Å²) in [5, 5.41) is 6.34. The topological polar surface area (TPSA) is 84.0 Å². The lowest BCUT2D eigenvalue weighted by molar-refractivity contribution is 0.542. The van der Waals surface area contributed by atoms with E-state index in [0.29, 0.717) is 23.1 Å². The summed E-state index contributed by atoms with van der Waals surface area (Å²) in [6.07, 6.45) is 3.22. The third-order valence-electron chi connectivity index (χ3n) is 4.49. The molecule has 0 saturated carbocycles. The largest absolute Gasteiger partial charge is 0.363 e. The smallest absolute Gasteiger partial charge is 0.224 e. The zero-order valence-corrected chi connectivity index (χ0v) is 15.6. The van der Waals surface area contributed by atoms with Crippen LogP contribution in [-0.2, 0) is 16.3 Å². The Morgan fingerprint density at radius 2 is 2.00 bits per heavy atom. The highest BCUT2D eigenvalue weighted by atomic mass is 32.2. The minimum atomic E-state index is -3.17. The number of nitrogens with zero attached hydrogens (tertiary/aromatic N) is 2. The number of hydrogen-bond acceptors (Lipinski definition) is 6. The second-order valence-electron chi connectivity index (χ2n) is 6.67. The first-order valence-electron chi connectivity index (χ1n) is 8.53. The van der Waals surface area contributed by atoms with Crippen LogP contribution in [0, 0.1) is 5.92 Å². The Morgan fingerprint density at radius 3 is 2.72 bits per heavy atom. The highest BCUT2D eigenvalue weighted by Gasteiger charge is 2.26. The van der Waals surface area contributed by atoms with Gasteiger partial charge in [0.05, 0.1) is 16.7 Å². The van der Waals surface area contributed by atoms with Gasteiger partial charge in [0, 0.05) is 13.2 Å². The fourth-order valence-electron chi connectivity index (χ4n) is 3.18. The minimum absolute atomic E-state index is 0.0398. The Bertz CT molecular complexity index is 865. The lowest BCUT2D eigenvalue weighted by atomic mass is 9.94. The molecule has 1 aromatic carbocycles. The molecule has 0 aliphatic carbocycles. The summed E-state index contributed by atoms with van der Waals surface area (Å²) in [6.45, 7) is 4.21. The first-order valence-corrected chi connectivity index (χ1v) is 10.2. The van der Waals surface area contributed by atoms with Gasteiger partial charge in [0.25, 0.3) is 0 Å². The molecule has 3 rings (SSSR count). The molecule has 0 radical (unpaired) electrons. The van der Waals surface area contributed by atoms with Crippen molar-refractivity contribution in [1.29, 1.82) is 0 Å². The van der Waals surface area contributed by atoms with Crippen LogP contribution in [-0.4, -0.2) is 31.2 Å². The number of aryl methyl sites for hydroxylation is 1. The average molecular weight is 360 g/mol. The summed E-state index contributed by atoms with van der Waals surface area (Å²) in [5.74, 6) is 1.75. The molecule has 7 heteroatoms. The van der Waals surface area contributed by atoms with E-state index in [1.807, 2.05) is 24.3 Å². The second-order valence-corrected chi connectivity index (χ2v) is 8.75. The van der Waals surface area contributed by atoms with Crippen molar-refractivity contribution < 1.29 is 8.42 Å². The second kappa shape index (κ2) is 7.00. The van der Waals surface area contributed by atoms with Gasteiger partial charge < -0.3 is 10.6 Å². The molecule has 0 spiro atoms. The predicted octanol–water partition coefficient (Wildman–Crippen LogP) is 3.05. The SMILES string of the molecule is CNc1nccc(N[C@H](c2ccc3c(c2)S(=O)(=O)CCC3)C(C)C)n1. The Labute approximate surface area is 149 Å². The van der Waals surface area contributed by atoms with Gasteiger partial charge >= 0.3 is 0 Å². The number of rotatable bonds is 5. The Hall–Kier alpha value is -2.15. The van der Waals surface area contributed by atoms with E-state index in [4.69, 9.17) is 0 Å². The third-order valence-corrected chi connectivity index (χ3v) is 6.37. The lowest BCUT2D eigenvalue weighted by Crippen LogP contribution is -2.21. The van der Waals surface area contributed by atoms with Crippen LogP contribution in [0.5, 0.6) is 0 Å². The molecule has 134 valence electrons. The lowest BCUT2D eigenvalue weighted by Gasteiger charge is -2.25. The highest BCUT2D eigenvalue weighted by molar-refractivity contribution is 7.91. The molecule has 2 N–H and O–H groups in total. The van der Waals surface area contributed by atoms with Crippen LogP contribution in [0.4, 0.5) is 11.8 Å². The van der Waals surface area contributed by atoms with Gasteiger partial charge in [-0.25, -0.2) is 13.4 Å². The van der Waals surface area contributed by atoms with Crippen molar-refractivity contribution in [1.82, 2.24) is 9.97 Å². The number of sulfone groups is 1. The molecule has 0 saturated heterocycles. The van der Waals surface area contributed by atoms with Crippen LogP contribution in [0.1, 0.15) is 37.4 Å². The first-order chi connectivity index (χ1) is 11.9. The monoisotopic (exact) mass is 360 g/mol. The quantitative estimate of drug-likeness (QED) is 0.853. The predicted molar refractivity (Wildman–Crippen MR) is 99.6 cm³/mol. The van der Waals surface area contributed by atoms with E-state index < -0.39 is 9.84 Å². The minimum Gasteiger partial charge on any atom is -0.363 e. The summed E-state index contributed by atoms with van der Waals surface area (Å²) in [6, 6.07) is 7.59. The molecule has 25 heavy (non-hydrogen) atoms. The molecular weight excluding hydrogens is 336 g/mol. The molecule has 1 aliphatic heterocycles. The Morgan fingerprint density at radius 1 is 1.20 bits per heavy atom. The number of fused-ring (bicyclic) bond motifs is 1. The van der Waals surface area contributed by atoms with Crippen molar-refractivity contribution in [3.8, 4) is 0 Å². The highest BCUT2D eigenvalue weighted by Crippen LogP contribution is 2.32. The molecule has 0 amide bonds. The van der Waals surface area contributed by atoms with E-state index in [1.54, 1.807) is 13.2 Å². The summed E-state index contributed by atoms with van der Waals surface area (Å²) in [7, 11) is -1.40. The molecule has 1 aromatic heterocycles. The number of hydrogen-bond donors (Lipinski definition) is 2. The van der Waals surface area contributed by atoms with Crippen molar-refractivity contribution in [3.63, 3.8) is 0 Å². The van der Waals surface area contributed by atoms with Crippen LogP contribution >= 0.6 is 0 Å². The molecule has 0 fully saturated rings. The van der Waals surface area contributed by atoms with E-state index in [2.05, 4.69) is 34.4 Å². The maximum atomic E-state index is 12.4. The fourth-order valence-corrected chi connectivity index (χ4v) is 4.81. The van der Waals surface area contributed by atoms with Gasteiger partial charge in [0.2, 0.25) is 5.95 Å². The summed E-state index contributed by atoms with van der Waals surface area (Å²) >= 11 is 0. The molecule has 2 heterocycles. The summed E-state index contributed by atoms with van der Waals surface area (Å²) < 4.78 is 24.8. The van der Waals surface area contributed by atoms with Crippen LogP contribution in [0.2, 0.25) is 0 Å². The van der Waals surface area contributed by atoms with E-state index >= 15 is 0 Å². The normalized spacial score (nSPS) is 17.0. The van der Waals surface area contributed by atoms with Crippen LogP contribution in [0.3, 0.4) is 0 Å². The zero-order valence-electron chi connectivity index (χ0n) is 14.8. The molecule has 1 aliphatic rings. The summed E-state index contributed by atoms with van der Waals surface area (Å²) in [5.41, 5.74) is 1.89. The van der Waals surface area contributed by atoms with Gasteiger partial charge in [-0.05, 0) is 42.0 Å². The molecule has 0 bridgehead atoms. The van der Waals surface area contributed by atoms with Gasteiger partial charge in [-0.15, -0.1) is 0 Å². The van der Waals surface area contributed by atoms with E-state index in [-0.39, 0.29) is 17.7 Å². The Balaban J connectivity index is 1.96. The van der Waals surface area contributed by atoms with E-state index in [9.17, 15) is 8.42 Å². The van der Waals surface area contributed by atoms with Crippen LogP contribution in [0.15, 0.2) is 35.4 Å². The number of aromatic nitrogens is 2. The number of nitrogens with one attached hydrogen (secondary N) is 2. The van der Waals surface area contributed by atoms with Crippen molar-refractivity contribution in [2.45, 2.75) is 37.6 Å². The average Bonchev–Trinajstić information content (AvgIpc) is 2.59. The van der Waals surface area contributed by atoms with E-state index in [1.165, 1.54) is 0 Å². The van der Waals surface area contributed by atoms with Gasteiger partial charge in [-0.2, -0.15) is 4.98 Å². The fraction of sp³-hybridized carbons (Fsp3) is 0.444. The molecule has 1 atom stereocenters. The first kappa shape index (κ1) is 17.7. The van der Waals surface area contributed by atoms with Crippen LogP contribution < -0.4 is 10.6 Å². The van der Waals surface area contributed by atoms with Crippen molar-refractivity contribution in [2.24, 2.45) is 5.92 Å². The van der Waals surface area contributed by atoms with Crippen molar-refractivity contribution >= 4 is 21.6 Å². The molecule has 6 nitrogen and oxygen atoms in total. The van der Waals surface area contributed by atoms with Gasteiger partial charge in [0.15, 0.2) is 9.84 Å². The zero-order chi connectivity index (χ0) is 18.0. The maximum Gasteiger partial charge on any atom is 0.224 e. The van der Waals surface area contributed by atoms with Gasteiger partial charge in [0.1, 0.15) is 5.82 Å². The molecule has 0 unspecified atom stereocenters. The number of benzene rings is 1. The van der Waals surface area contributed by atoms with Crippen molar-refractivity contribution in [3.05, 3.63) is 41.6 Å². The van der Waals surface area contributed by atoms with E-state index in [0.717, 1.165) is 17.5 Å². The maximum absolute atomic E-state index is 12.4. The summed E-state index contributed by atoms with van der Waals surface area (Å²) in [4.78, 5) is 9.01. The molecule has 2 aromatic rings. The van der Waals surface area contributed by atoms with Gasteiger partial charge in [-0.3, -0.25) is 0 Å². The number of anilines is 2. The van der Waals surface area contributed by atoms with Crippen LogP contribution in [0.25, 0.3) is 0 Å². The van der Waals surface area contributed by atoms with Gasteiger partial charge in [-0.1, -0.05) is 26.0 Å². The molecular formula is C18H24N4O2S. The van der Waals surface area contributed by atoms with Crippen molar-refractivity contribution in [2.75, 3.05) is 23.4 Å². The third kappa shape index (κ3) is 3.76. The Kier molecular flexibility index (Phi) is 4.94.